The summed E-state index contributed by atoms with van der Waals surface area (Å²) in [4.78, 5) is 11.8. The van der Waals surface area contributed by atoms with Gasteiger partial charge in [0.05, 0.1) is 0 Å². The summed E-state index contributed by atoms with van der Waals surface area (Å²) < 4.78 is 5.31. The maximum atomic E-state index is 11.8. The molecule has 0 spiro atoms. The Morgan fingerprint density at radius 1 is 1.14 bits per heavy atom. The van der Waals surface area contributed by atoms with Crippen molar-refractivity contribution in [1.29, 1.82) is 0 Å². The van der Waals surface area contributed by atoms with Crippen LogP contribution in [0.25, 0.3) is 0 Å². The van der Waals surface area contributed by atoms with E-state index in [1.807, 2.05) is 20.8 Å². The van der Waals surface area contributed by atoms with Gasteiger partial charge in [0, 0.05) is 18.6 Å². The van der Waals surface area contributed by atoms with Gasteiger partial charge < -0.3 is 15.4 Å². The molecule has 2 atom stereocenters. The molecule has 0 fully saturated rings. The maximum absolute atomic E-state index is 11.8. The number of hydrogen-bond donors (Lipinski definition) is 2. The van der Waals surface area contributed by atoms with Crippen LogP contribution < -0.4 is 10.6 Å². The average molecular weight is 315 g/mol. The number of ether oxygens (including phenoxy) is 1. The number of amides is 1. The minimum Gasteiger partial charge on any atom is -0.444 e. The summed E-state index contributed by atoms with van der Waals surface area (Å²) in [6.07, 6.45) is 5.53. The summed E-state index contributed by atoms with van der Waals surface area (Å²) in [7, 11) is 0. The van der Waals surface area contributed by atoms with Gasteiger partial charge in [-0.25, -0.2) is 4.79 Å². The first kappa shape index (κ1) is 21.2. The van der Waals surface area contributed by atoms with Crippen LogP contribution in [0.4, 0.5) is 4.79 Å². The monoisotopic (exact) mass is 314 g/mol. The lowest BCUT2D eigenvalue weighted by Gasteiger charge is -2.27. The number of unbranched alkanes of at least 4 members (excludes halogenated alkanes) is 1. The molecule has 2 unspecified atom stereocenters. The van der Waals surface area contributed by atoms with E-state index in [1.54, 1.807) is 0 Å². The Balaban J connectivity index is 4.41. The van der Waals surface area contributed by atoms with Crippen LogP contribution >= 0.6 is 0 Å². The Morgan fingerprint density at radius 3 is 2.23 bits per heavy atom. The van der Waals surface area contributed by atoms with E-state index in [4.69, 9.17) is 4.74 Å². The second kappa shape index (κ2) is 10.9. The zero-order chi connectivity index (χ0) is 17.2. The highest BCUT2D eigenvalue weighted by Gasteiger charge is 2.19. The number of alkyl carbamates (subject to hydrolysis) is 1. The van der Waals surface area contributed by atoms with E-state index in [-0.39, 0.29) is 6.09 Å². The minimum atomic E-state index is -0.446. The van der Waals surface area contributed by atoms with Crippen LogP contribution in [0, 0.1) is 5.92 Å². The van der Waals surface area contributed by atoms with Crippen molar-refractivity contribution in [2.45, 2.75) is 98.3 Å². The lowest BCUT2D eigenvalue weighted by molar-refractivity contribution is 0.0519. The van der Waals surface area contributed by atoms with Crippen LogP contribution in [0.15, 0.2) is 0 Å². The molecule has 22 heavy (non-hydrogen) atoms. The number of carbonyl (C=O) groups is 1. The molecule has 0 saturated carbocycles. The Hall–Kier alpha value is -0.770. The SMILES string of the molecule is CCCCC(CC)NC(CNC(=O)OC(C)(C)C)CC(C)C. The Kier molecular flexibility index (Phi) is 10.5. The summed E-state index contributed by atoms with van der Waals surface area (Å²) >= 11 is 0. The fourth-order valence-electron chi connectivity index (χ4n) is 2.49. The van der Waals surface area contributed by atoms with Crippen molar-refractivity contribution < 1.29 is 9.53 Å². The summed E-state index contributed by atoms with van der Waals surface area (Å²) in [5.74, 6) is 0.599. The van der Waals surface area contributed by atoms with E-state index >= 15 is 0 Å². The van der Waals surface area contributed by atoms with Gasteiger partial charge in [0.1, 0.15) is 5.60 Å². The predicted molar refractivity (Wildman–Crippen MR) is 94.2 cm³/mol. The smallest absolute Gasteiger partial charge is 0.407 e. The molecule has 0 bridgehead atoms. The first-order valence-electron chi connectivity index (χ1n) is 8.90. The molecule has 4 nitrogen and oxygen atoms in total. The van der Waals surface area contributed by atoms with Gasteiger partial charge >= 0.3 is 6.09 Å². The molecule has 0 aromatic carbocycles. The van der Waals surface area contributed by atoms with Crippen LogP contribution in [0.1, 0.15) is 80.6 Å². The highest BCUT2D eigenvalue weighted by molar-refractivity contribution is 5.67. The van der Waals surface area contributed by atoms with Crippen molar-refractivity contribution in [3.8, 4) is 0 Å². The summed E-state index contributed by atoms with van der Waals surface area (Å²) in [5, 5.41) is 6.62. The topological polar surface area (TPSA) is 50.4 Å². The summed E-state index contributed by atoms with van der Waals surface area (Å²) in [6.45, 7) is 15.2. The van der Waals surface area contributed by atoms with Gasteiger partial charge in [-0.2, -0.15) is 0 Å². The highest BCUT2D eigenvalue weighted by atomic mass is 16.6. The van der Waals surface area contributed by atoms with Gasteiger partial charge in [-0.15, -0.1) is 0 Å². The molecular weight excluding hydrogens is 276 g/mol. The lowest BCUT2D eigenvalue weighted by atomic mass is 10.0. The van der Waals surface area contributed by atoms with E-state index in [2.05, 4.69) is 38.3 Å². The molecule has 0 aliphatic heterocycles. The van der Waals surface area contributed by atoms with Crippen LogP contribution in [0.2, 0.25) is 0 Å². The number of nitrogens with one attached hydrogen (secondary N) is 2. The van der Waals surface area contributed by atoms with Crippen LogP contribution in [-0.2, 0) is 4.74 Å². The Morgan fingerprint density at radius 2 is 1.77 bits per heavy atom. The zero-order valence-electron chi connectivity index (χ0n) is 15.8. The Labute approximate surface area is 137 Å². The molecule has 4 heteroatoms. The van der Waals surface area contributed by atoms with Crippen molar-refractivity contribution >= 4 is 6.09 Å². The third-order valence-electron chi connectivity index (χ3n) is 3.52. The van der Waals surface area contributed by atoms with E-state index in [0.717, 1.165) is 12.8 Å². The van der Waals surface area contributed by atoms with Crippen LogP contribution in [-0.4, -0.2) is 30.3 Å². The normalized spacial score (nSPS) is 14.7. The fourth-order valence-corrected chi connectivity index (χ4v) is 2.49. The third kappa shape index (κ3) is 11.8. The van der Waals surface area contributed by atoms with E-state index in [1.165, 1.54) is 19.3 Å². The third-order valence-corrected chi connectivity index (χ3v) is 3.52. The van der Waals surface area contributed by atoms with Gasteiger partial charge in [-0.05, 0) is 46.0 Å². The molecule has 132 valence electrons. The van der Waals surface area contributed by atoms with Crippen LogP contribution in [0.5, 0.6) is 0 Å². The van der Waals surface area contributed by atoms with Gasteiger partial charge in [-0.3, -0.25) is 0 Å². The average Bonchev–Trinajstić information content (AvgIpc) is 2.38. The van der Waals surface area contributed by atoms with Crippen molar-refractivity contribution in [2.24, 2.45) is 5.92 Å². The fraction of sp³-hybridized carbons (Fsp3) is 0.944. The first-order valence-corrected chi connectivity index (χ1v) is 8.90. The van der Waals surface area contributed by atoms with Gasteiger partial charge in [0.15, 0.2) is 0 Å². The van der Waals surface area contributed by atoms with Crippen molar-refractivity contribution in [3.63, 3.8) is 0 Å². The first-order chi connectivity index (χ1) is 10.2. The predicted octanol–water partition coefficient (Wildman–Crippen LogP) is 4.48. The Bertz CT molecular complexity index is 298. The van der Waals surface area contributed by atoms with Crippen molar-refractivity contribution in [2.75, 3.05) is 6.54 Å². The molecule has 0 rings (SSSR count). The van der Waals surface area contributed by atoms with Crippen molar-refractivity contribution in [3.05, 3.63) is 0 Å². The largest absolute Gasteiger partial charge is 0.444 e. The quantitative estimate of drug-likeness (QED) is 0.625. The molecule has 0 aliphatic carbocycles. The lowest BCUT2D eigenvalue weighted by Crippen LogP contribution is -2.47. The minimum absolute atomic E-state index is 0.300. The van der Waals surface area contributed by atoms with E-state index in [9.17, 15) is 4.79 Å². The van der Waals surface area contributed by atoms with Crippen molar-refractivity contribution in [1.82, 2.24) is 10.6 Å². The molecule has 0 saturated heterocycles. The van der Waals surface area contributed by atoms with Gasteiger partial charge in [0.2, 0.25) is 0 Å². The molecular formula is C18H38N2O2. The molecule has 0 heterocycles. The number of carbonyl (C=O) groups excluding carboxylic acids is 1. The van der Waals surface area contributed by atoms with Gasteiger partial charge in [0.25, 0.3) is 0 Å². The number of rotatable bonds is 10. The maximum Gasteiger partial charge on any atom is 0.407 e. The molecule has 0 aromatic rings. The molecule has 2 N–H and O–H groups in total. The molecule has 0 radical (unpaired) electrons. The second-order valence-corrected chi connectivity index (χ2v) is 7.62. The van der Waals surface area contributed by atoms with E-state index < -0.39 is 5.60 Å². The second-order valence-electron chi connectivity index (χ2n) is 7.62. The highest BCUT2D eigenvalue weighted by Crippen LogP contribution is 2.11. The summed E-state index contributed by atoms with van der Waals surface area (Å²) in [5.41, 5.74) is -0.446. The molecule has 1 amide bonds. The summed E-state index contributed by atoms with van der Waals surface area (Å²) in [6, 6.07) is 0.832. The molecule has 0 aromatic heterocycles. The van der Waals surface area contributed by atoms with Gasteiger partial charge in [-0.1, -0.05) is 40.5 Å². The number of hydrogen-bond acceptors (Lipinski definition) is 3. The zero-order valence-corrected chi connectivity index (χ0v) is 15.8. The standard InChI is InChI=1S/C18H38N2O2/c1-8-10-11-15(9-2)20-16(12-14(3)4)13-19-17(21)22-18(5,6)7/h14-16,20H,8-13H2,1-7H3,(H,19,21). The van der Waals surface area contributed by atoms with E-state index in [0.29, 0.717) is 24.5 Å². The molecule has 0 aliphatic rings. The van der Waals surface area contributed by atoms with Crippen LogP contribution in [0.3, 0.4) is 0 Å².